The standard InChI is InChI=1S/C15H20BrN3O2/c1-2-3-10-6-9(4-5-21-10)17-12-8-14-13(7-11(12)16)18-15(20)19-14/h7-10,17H,2-6H2,1H3,(H2,18,19,20). The monoisotopic (exact) mass is 353 g/mol. The summed E-state index contributed by atoms with van der Waals surface area (Å²) in [5, 5.41) is 3.58. The number of fused-ring (bicyclic) bond motifs is 1. The second-order valence-corrected chi connectivity index (χ2v) is 6.46. The number of rotatable bonds is 4. The van der Waals surface area contributed by atoms with Crippen molar-refractivity contribution in [1.82, 2.24) is 9.97 Å². The van der Waals surface area contributed by atoms with E-state index in [0.29, 0.717) is 12.1 Å². The summed E-state index contributed by atoms with van der Waals surface area (Å²) < 4.78 is 6.75. The lowest BCUT2D eigenvalue weighted by Crippen LogP contribution is -2.34. The molecule has 1 aromatic heterocycles. The first-order valence-corrected chi connectivity index (χ1v) is 8.24. The summed E-state index contributed by atoms with van der Waals surface area (Å²) in [4.78, 5) is 16.9. The molecule has 6 heteroatoms. The normalized spacial score (nSPS) is 22.6. The van der Waals surface area contributed by atoms with E-state index in [1.165, 1.54) is 0 Å². The molecule has 1 saturated heterocycles. The Balaban J connectivity index is 1.77. The second kappa shape index (κ2) is 6.23. The third-order valence-electron chi connectivity index (χ3n) is 3.94. The number of benzene rings is 1. The largest absolute Gasteiger partial charge is 0.381 e. The lowest BCUT2D eigenvalue weighted by Gasteiger charge is -2.31. The molecule has 0 bridgehead atoms. The number of imidazole rings is 1. The van der Waals surface area contributed by atoms with E-state index < -0.39 is 0 Å². The number of hydrogen-bond donors (Lipinski definition) is 3. The number of hydrogen-bond acceptors (Lipinski definition) is 3. The Kier molecular flexibility index (Phi) is 4.35. The number of nitrogens with one attached hydrogen (secondary N) is 3. The molecule has 2 atom stereocenters. The average Bonchev–Trinajstić information content (AvgIpc) is 2.79. The van der Waals surface area contributed by atoms with Crippen LogP contribution in [0.1, 0.15) is 32.6 Å². The van der Waals surface area contributed by atoms with Crippen LogP contribution in [0.15, 0.2) is 21.4 Å². The quantitative estimate of drug-likeness (QED) is 0.788. The molecule has 0 spiro atoms. The van der Waals surface area contributed by atoms with Crippen LogP contribution in [0.4, 0.5) is 5.69 Å². The Hall–Kier alpha value is -1.27. The van der Waals surface area contributed by atoms with Crippen molar-refractivity contribution in [2.75, 3.05) is 11.9 Å². The minimum absolute atomic E-state index is 0.178. The first-order valence-electron chi connectivity index (χ1n) is 7.45. The fraction of sp³-hybridized carbons (Fsp3) is 0.533. The number of aromatic nitrogens is 2. The average molecular weight is 354 g/mol. The van der Waals surface area contributed by atoms with E-state index in [-0.39, 0.29) is 5.69 Å². The van der Waals surface area contributed by atoms with Crippen LogP contribution in [0.2, 0.25) is 0 Å². The summed E-state index contributed by atoms with van der Waals surface area (Å²) in [6.45, 7) is 3.00. The van der Waals surface area contributed by atoms with Crippen LogP contribution in [0, 0.1) is 0 Å². The van der Waals surface area contributed by atoms with Gasteiger partial charge in [0.2, 0.25) is 0 Å². The molecule has 5 nitrogen and oxygen atoms in total. The molecule has 2 heterocycles. The number of aromatic amines is 2. The molecule has 2 aromatic rings. The van der Waals surface area contributed by atoms with Crippen LogP contribution < -0.4 is 11.0 Å². The van der Waals surface area contributed by atoms with E-state index in [4.69, 9.17) is 4.74 Å². The molecule has 2 unspecified atom stereocenters. The molecule has 1 aliphatic rings. The molecule has 1 aliphatic heterocycles. The third-order valence-corrected chi connectivity index (χ3v) is 4.60. The fourth-order valence-corrected chi connectivity index (χ4v) is 3.38. The number of H-pyrrole nitrogens is 2. The summed E-state index contributed by atoms with van der Waals surface area (Å²) in [5.74, 6) is 0. The second-order valence-electron chi connectivity index (χ2n) is 5.60. The van der Waals surface area contributed by atoms with Gasteiger partial charge in [0.1, 0.15) is 0 Å². The van der Waals surface area contributed by atoms with Crippen LogP contribution in [0.25, 0.3) is 11.0 Å². The molecule has 0 radical (unpaired) electrons. The maximum Gasteiger partial charge on any atom is 0.323 e. The van der Waals surface area contributed by atoms with Gasteiger partial charge >= 0.3 is 5.69 Å². The molecule has 0 saturated carbocycles. The maximum atomic E-state index is 11.4. The molecule has 0 aliphatic carbocycles. The summed E-state index contributed by atoms with van der Waals surface area (Å²) in [5.41, 5.74) is 2.47. The van der Waals surface area contributed by atoms with Crippen LogP contribution >= 0.6 is 15.9 Å². The first kappa shape index (κ1) is 14.7. The fourth-order valence-electron chi connectivity index (χ4n) is 2.92. The molecular weight excluding hydrogens is 334 g/mol. The van der Waals surface area contributed by atoms with Gasteiger partial charge in [0.05, 0.1) is 22.8 Å². The topological polar surface area (TPSA) is 69.9 Å². The van der Waals surface area contributed by atoms with Crippen molar-refractivity contribution < 1.29 is 4.74 Å². The molecule has 1 aromatic carbocycles. The Labute approximate surface area is 131 Å². The van der Waals surface area contributed by atoms with Crippen LogP contribution in [0.5, 0.6) is 0 Å². The summed E-state index contributed by atoms with van der Waals surface area (Å²) in [6.07, 6.45) is 4.66. The van der Waals surface area contributed by atoms with Gasteiger partial charge in [0.25, 0.3) is 0 Å². The van der Waals surface area contributed by atoms with E-state index in [2.05, 4.69) is 38.1 Å². The minimum atomic E-state index is -0.178. The summed E-state index contributed by atoms with van der Waals surface area (Å²) in [7, 11) is 0. The highest BCUT2D eigenvalue weighted by atomic mass is 79.9. The van der Waals surface area contributed by atoms with Crippen molar-refractivity contribution in [1.29, 1.82) is 0 Å². The Bertz CT molecular complexity index is 677. The van der Waals surface area contributed by atoms with Crippen molar-refractivity contribution in [2.45, 2.75) is 44.8 Å². The van der Waals surface area contributed by atoms with Crippen LogP contribution in [0.3, 0.4) is 0 Å². The van der Waals surface area contributed by atoms with Crippen molar-refractivity contribution in [2.24, 2.45) is 0 Å². The zero-order valence-electron chi connectivity index (χ0n) is 12.0. The van der Waals surface area contributed by atoms with E-state index >= 15 is 0 Å². The SMILES string of the molecule is CCCC1CC(Nc2cc3[nH]c(=O)[nH]c3cc2Br)CCO1. The van der Waals surface area contributed by atoms with Gasteiger partial charge in [-0.3, -0.25) is 0 Å². The zero-order valence-corrected chi connectivity index (χ0v) is 13.6. The van der Waals surface area contributed by atoms with Crippen LogP contribution in [-0.2, 0) is 4.74 Å². The highest BCUT2D eigenvalue weighted by Gasteiger charge is 2.22. The lowest BCUT2D eigenvalue weighted by molar-refractivity contribution is 0.00597. The number of halogens is 1. The summed E-state index contributed by atoms with van der Waals surface area (Å²) in [6, 6.07) is 4.31. The number of anilines is 1. The molecule has 3 rings (SSSR count). The van der Waals surface area contributed by atoms with E-state index in [0.717, 1.165) is 53.5 Å². The van der Waals surface area contributed by atoms with Gasteiger partial charge in [-0.1, -0.05) is 13.3 Å². The predicted octanol–water partition coefficient (Wildman–Crippen LogP) is 3.38. The lowest BCUT2D eigenvalue weighted by atomic mass is 10.00. The van der Waals surface area contributed by atoms with Gasteiger partial charge in [-0.2, -0.15) is 0 Å². The van der Waals surface area contributed by atoms with Crippen molar-refractivity contribution >= 4 is 32.7 Å². The Morgan fingerprint density at radius 3 is 2.90 bits per heavy atom. The highest BCUT2D eigenvalue weighted by molar-refractivity contribution is 9.10. The van der Waals surface area contributed by atoms with E-state index in [1.54, 1.807) is 0 Å². The molecule has 3 N–H and O–H groups in total. The van der Waals surface area contributed by atoms with Gasteiger partial charge in [0, 0.05) is 17.1 Å². The molecule has 21 heavy (non-hydrogen) atoms. The minimum Gasteiger partial charge on any atom is -0.381 e. The van der Waals surface area contributed by atoms with Crippen molar-refractivity contribution in [3.63, 3.8) is 0 Å². The number of ether oxygens (including phenoxy) is 1. The predicted molar refractivity (Wildman–Crippen MR) is 87.9 cm³/mol. The Morgan fingerprint density at radius 2 is 2.14 bits per heavy atom. The van der Waals surface area contributed by atoms with Gasteiger partial charge in [0.15, 0.2) is 0 Å². The molecule has 0 amide bonds. The van der Waals surface area contributed by atoms with Crippen molar-refractivity contribution in [3.8, 4) is 0 Å². The molecule has 1 fully saturated rings. The molecule has 114 valence electrons. The smallest absolute Gasteiger partial charge is 0.323 e. The first-order chi connectivity index (χ1) is 10.2. The Morgan fingerprint density at radius 1 is 1.38 bits per heavy atom. The highest BCUT2D eigenvalue weighted by Crippen LogP contribution is 2.29. The van der Waals surface area contributed by atoms with Crippen LogP contribution in [-0.4, -0.2) is 28.7 Å². The van der Waals surface area contributed by atoms with E-state index in [1.807, 2.05) is 12.1 Å². The third kappa shape index (κ3) is 3.32. The van der Waals surface area contributed by atoms with Gasteiger partial charge < -0.3 is 20.0 Å². The summed E-state index contributed by atoms with van der Waals surface area (Å²) >= 11 is 3.57. The zero-order chi connectivity index (χ0) is 14.8. The van der Waals surface area contributed by atoms with Gasteiger partial charge in [-0.05, 0) is 47.3 Å². The van der Waals surface area contributed by atoms with Gasteiger partial charge in [-0.25, -0.2) is 4.79 Å². The van der Waals surface area contributed by atoms with Crippen molar-refractivity contribution in [3.05, 3.63) is 27.1 Å². The van der Waals surface area contributed by atoms with Gasteiger partial charge in [-0.15, -0.1) is 0 Å². The maximum absolute atomic E-state index is 11.4. The molecular formula is C15H20BrN3O2. The van der Waals surface area contributed by atoms with E-state index in [9.17, 15) is 4.79 Å².